The van der Waals surface area contributed by atoms with E-state index in [9.17, 15) is 18.3 Å². The molecular weight excluding hydrogens is 464 g/mol. The number of benzene rings is 2. The summed E-state index contributed by atoms with van der Waals surface area (Å²) in [5.74, 6) is -0.293. The van der Waals surface area contributed by atoms with Crippen molar-refractivity contribution < 1.29 is 18.3 Å². The van der Waals surface area contributed by atoms with Gasteiger partial charge in [-0.25, -0.2) is 13.1 Å². The monoisotopic (exact) mass is 500 g/mol. The van der Waals surface area contributed by atoms with Crippen molar-refractivity contribution >= 4 is 33.0 Å². The van der Waals surface area contributed by atoms with Crippen molar-refractivity contribution in [2.24, 2.45) is 5.41 Å². The van der Waals surface area contributed by atoms with Crippen LogP contribution in [0, 0.1) is 5.41 Å². The van der Waals surface area contributed by atoms with Gasteiger partial charge in [0.1, 0.15) is 0 Å². The Morgan fingerprint density at radius 3 is 2.37 bits per heavy atom. The topological polar surface area (TPSA) is 111 Å². The van der Waals surface area contributed by atoms with Crippen LogP contribution in [0.3, 0.4) is 0 Å². The van der Waals surface area contributed by atoms with Crippen LogP contribution >= 0.6 is 0 Å². The summed E-state index contributed by atoms with van der Waals surface area (Å²) < 4.78 is 28.1. The van der Waals surface area contributed by atoms with E-state index in [0.717, 1.165) is 37.3 Å². The first-order valence-corrected chi connectivity index (χ1v) is 13.7. The van der Waals surface area contributed by atoms with Gasteiger partial charge in [0.05, 0.1) is 22.8 Å². The summed E-state index contributed by atoms with van der Waals surface area (Å²) in [6.45, 7) is 7.59. The zero-order chi connectivity index (χ0) is 25.3. The molecule has 4 N–H and O–H groups in total. The highest BCUT2D eigenvalue weighted by molar-refractivity contribution is 7.89. The summed E-state index contributed by atoms with van der Waals surface area (Å²) in [7, 11) is -3.72. The van der Waals surface area contributed by atoms with E-state index in [4.69, 9.17) is 0 Å². The highest BCUT2D eigenvalue weighted by atomic mass is 32.2. The van der Waals surface area contributed by atoms with Crippen molar-refractivity contribution in [1.29, 1.82) is 0 Å². The standard InChI is InChI=1S/C26H36N4O4S/c1-25(2,3)29-35(33,34)21-6-4-5-20(17-21)28-24(32)22-8-7-19(27-13-16-31)18-23(22)30-14-11-26(9-10-26)12-15-30/h4-8,17-18,27,29,31H,9-16H2,1-3H3,(H,28,32). The maximum Gasteiger partial charge on any atom is 0.257 e. The Bertz CT molecular complexity index is 1180. The molecule has 1 spiro atoms. The van der Waals surface area contributed by atoms with Crippen molar-refractivity contribution in [2.75, 3.05) is 41.8 Å². The first kappa shape index (κ1) is 25.5. The molecule has 190 valence electrons. The van der Waals surface area contributed by atoms with Crippen LogP contribution in [-0.4, -0.2) is 51.2 Å². The highest BCUT2D eigenvalue weighted by Crippen LogP contribution is 2.54. The third-order valence-electron chi connectivity index (χ3n) is 6.65. The van der Waals surface area contributed by atoms with E-state index in [1.54, 1.807) is 39.0 Å². The predicted octanol–water partition coefficient (Wildman–Crippen LogP) is 3.80. The highest BCUT2D eigenvalue weighted by Gasteiger charge is 2.44. The van der Waals surface area contributed by atoms with E-state index in [0.29, 0.717) is 23.2 Å². The van der Waals surface area contributed by atoms with Crippen LogP contribution < -0.4 is 20.3 Å². The van der Waals surface area contributed by atoms with E-state index in [2.05, 4.69) is 20.3 Å². The molecule has 1 amide bonds. The minimum absolute atomic E-state index is 0.0210. The van der Waals surface area contributed by atoms with E-state index in [1.165, 1.54) is 25.0 Å². The lowest BCUT2D eigenvalue weighted by Crippen LogP contribution is -2.40. The molecule has 1 heterocycles. The lowest BCUT2D eigenvalue weighted by molar-refractivity contribution is 0.102. The van der Waals surface area contributed by atoms with Gasteiger partial charge < -0.3 is 20.6 Å². The number of aliphatic hydroxyl groups excluding tert-OH is 1. The van der Waals surface area contributed by atoms with Crippen LogP contribution in [0.25, 0.3) is 0 Å². The molecule has 9 heteroatoms. The van der Waals surface area contributed by atoms with Crippen molar-refractivity contribution in [3.63, 3.8) is 0 Å². The molecule has 1 aliphatic heterocycles. The lowest BCUT2D eigenvalue weighted by Gasteiger charge is -2.35. The molecule has 2 aromatic carbocycles. The Hall–Kier alpha value is -2.62. The molecule has 2 aliphatic rings. The van der Waals surface area contributed by atoms with Gasteiger partial charge in [-0.15, -0.1) is 0 Å². The quantitative estimate of drug-likeness (QED) is 0.439. The molecule has 2 fully saturated rings. The number of nitrogens with one attached hydrogen (secondary N) is 3. The average Bonchev–Trinajstić information content (AvgIpc) is 3.55. The second-order valence-corrected chi connectivity index (χ2v) is 12.4. The van der Waals surface area contributed by atoms with Crippen molar-refractivity contribution in [1.82, 2.24) is 4.72 Å². The molecular formula is C26H36N4O4S. The van der Waals surface area contributed by atoms with E-state index >= 15 is 0 Å². The first-order valence-electron chi connectivity index (χ1n) is 12.2. The number of carbonyl (C=O) groups excluding carboxylic acids is 1. The molecule has 0 atom stereocenters. The van der Waals surface area contributed by atoms with Crippen LogP contribution in [0.1, 0.15) is 56.8 Å². The number of rotatable bonds is 8. The van der Waals surface area contributed by atoms with Gasteiger partial charge in [-0.3, -0.25) is 4.79 Å². The number of nitrogens with zero attached hydrogens (tertiary/aromatic N) is 1. The number of amides is 1. The summed E-state index contributed by atoms with van der Waals surface area (Å²) >= 11 is 0. The van der Waals surface area contributed by atoms with Crippen molar-refractivity contribution in [3.8, 4) is 0 Å². The zero-order valence-corrected chi connectivity index (χ0v) is 21.5. The second-order valence-electron chi connectivity index (χ2n) is 10.7. The zero-order valence-electron chi connectivity index (χ0n) is 20.7. The Balaban J connectivity index is 1.57. The number of anilines is 3. The third-order valence-corrected chi connectivity index (χ3v) is 8.40. The number of sulfonamides is 1. The van der Waals surface area contributed by atoms with Crippen LogP contribution in [0.5, 0.6) is 0 Å². The van der Waals surface area contributed by atoms with Gasteiger partial charge in [0.25, 0.3) is 5.91 Å². The van der Waals surface area contributed by atoms with Crippen LogP contribution in [0.4, 0.5) is 17.1 Å². The van der Waals surface area contributed by atoms with Crippen LogP contribution in [0.15, 0.2) is 47.4 Å². The van der Waals surface area contributed by atoms with E-state index in [-0.39, 0.29) is 17.4 Å². The summed E-state index contributed by atoms with van der Waals surface area (Å²) in [5, 5.41) is 15.2. The smallest absolute Gasteiger partial charge is 0.257 e. The van der Waals surface area contributed by atoms with Gasteiger partial charge in [0.15, 0.2) is 0 Å². The molecule has 0 bridgehead atoms. The number of carbonyl (C=O) groups is 1. The molecule has 0 radical (unpaired) electrons. The maximum atomic E-state index is 13.4. The first-order chi connectivity index (χ1) is 16.5. The average molecular weight is 501 g/mol. The molecule has 35 heavy (non-hydrogen) atoms. The van der Waals surface area contributed by atoms with Crippen LogP contribution in [0.2, 0.25) is 0 Å². The fourth-order valence-electron chi connectivity index (χ4n) is 4.60. The maximum absolute atomic E-state index is 13.4. The van der Waals surface area contributed by atoms with Crippen molar-refractivity contribution in [3.05, 3.63) is 48.0 Å². The minimum Gasteiger partial charge on any atom is -0.395 e. The molecule has 1 saturated carbocycles. The Kier molecular flexibility index (Phi) is 7.13. The summed E-state index contributed by atoms with van der Waals surface area (Å²) in [5.41, 5.74) is 2.53. The fourth-order valence-corrected chi connectivity index (χ4v) is 6.06. The molecule has 1 saturated heterocycles. The van der Waals surface area contributed by atoms with Crippen molar-refractivity contribution in [2.45, 2.75) is 56.9 Å². The number of hydrogen-bond acceptors (Lipinski definition) is 6. The molecule has 0 unspecified atom stereocenters. The second kappa shape index (κ2) is 9.79. The Morgan fingerprint density at radius 1 is 1.03 bits per heavy atom. The number of hydrogen-bond donors (Lipinski definition) is 4. The van der Waals surface area contributed by atoms with E-state index in [1.807, 2.05) is 12.1 Å². The van der Waals surface area contributed by atoms with Crippen LogP contribution in [-0.2, 0) is 10.0 Å². The van der Waals surface area contributed by atoms with Gasteiger partial charge in [-0.05, 0) is 88.3 Å². The van der Waals surface area contributed by atoms with Gasteiger partial charge in [0, 0.05) is 36.5 Å². The van der Waals surface area contributed by atoms with Gasteiger partial charge in [-0.2, -0.15) is 0 Å². The summed E-state index contributed by atoms with van der Waals surface area (Å²) in [6, 6.07) is 11.9. The van der Waals surface area contributed by atoms with E-state index < -0.39 is 15.6 Å². The molecule has 1 aliphatic carbocycles. The third kappa shape index (κ3) is 6.34. The minimum atomic E-state index is -3.72. The Morgan fingerprint density at radius 2 is 1.74 bits per heavy atom. The molecule has 0 aromatic heterocycles. The molecule has 4 rings (SSSR count). The van der Waals surface area contributed by atoms with Gasteiger partial charge in [-0.1, -0.05) is 6.07 Å². The molecule has 8 nitrogen and oxygen atoms in total. The largest absolute Gasteiger partial charge is 0.395 e. The normalized spacial score (nSPS) is 17.3. The SMILES string of the molecule is CC(C)(C)NS(=O)(=O)c1cccc(NC(=O)c2ccc(NCCO)cc2N2CCC3(CC2)CC3)c1. The predicted molar refractivity (Wildman–Crippen MR) is 140 cm³/mol. The van der Waals surface area contributed by atoms with Gasteiger partial charge >= 0.3 is 0 Å². The summed E-state index contributed by atoms with van der Waals surface area (Å²) in [6.07, 6.45) is 4.86. The lowest BCUT2D eigenvalue weighted by atomic mass is 9.93. The Labute approximate surface area is 208 Å². The fraction of sp³-hybridized carbons (Fsp3) is 0.500. The summed E-state index contributed by atoms with van der Waals surface area (Å²) in [4.78, 5) is 15.7. The van der Waals surface area contributed by atoms with Gasteiger partial charge in [0.2, 0.25) is 10.0 Å². The molecule has 2 aromatic rings. The number of aliphatic hydroxyl groups is 1. The number of piperidine rings is 1.